The fraction of sp³-hybridized carbons (Fsp3) is 0.333. The third kappa shape index (κ3) is 5.03. The Bertz CT molecular complexity index is 1710. The van der Waals surface area contributed by atoms with Crippen LogP contribution in [0.3, 0.4) is 0 Å². The van der Waals surface area contributed by atoms with Crippen molar-refractivity contribution >= 4 is 22.3 Å². The highest BCUT2D eigenvalue weighted by molar-refractivity contribution is 5.99. The van der Waals surface area contributed by atoms with Gasteiger partial charge in [0.2, 0.25) is 0 Å². The van der Waals surface area contributed by atoms with Crippen LogP contribution in [0, 0.1) is 39.4 Å². The first-order valence-corrected chi connectivity index (χ1v) is 13.0. The quantitative estimate of drug-likeness (QED) is 0.292. The molecule has 200 valence electrons. The van der Waals surface area contributed by atoms with Crippen LogP contribution in [0.25, 0.3) is 10.9 Å². The molecule has 10 heteroatoms. The Hall–Kier alpha value is -4.98. The molecule has 1 aliphatic carbocycles. The number of rotatable bonds is 8. The second-order valence-corrected chi connectivity index (χ2v) is 11.3. The molecular weight excluding hydrogens is 502 g/mol. The third-order valence-electron chi connectivity index (χ3n) is 7.03. The second kappa shape index (κ2) is 10.3. The van der Waals surface area contributed by atoms with E-state index in [1.807, 2.05) is 30.3 Å². The summed E-state index contributed by atoms with van der Waals surface area (Å²) in [6, 6.07) is 17.3. The van der Waals surface area contributed by atoms with E-state index in [4.69, 9.17) is 0 Å². The summed E-state index contributed by atoms with van der Waals surface area (Å²) in [6.07, 6.45) is 4.68. The molecule has 2 aromatic heterocycles. The number of hydrogen-bond donors (Lipinski definition) is 3. The molecule has 0 saturated heterocycles. The van der Waals surface area contributed by atoms with Crippen molar-refractivity contribution < 1.29 is 5.11 Å². The van der Waals surface area contributed by atoms with Crippen molar-refractivity contribution in [2.24, 2.45) is 5.41 Å². The van der Waals surface area contributed by atoms with Gasteiger partial charge >= 0.3 is 0 Å². The zero-order valence-electron chi connectivity index (χ0n) is 22.6. The molecule has 2 heterocycles. The number of aromatic nitrogens is 4. The summed E-state index contributed by atoms with van der Waals surface area (Å²) in [5, 5.41) is 55.8. The number of nitrogens with one attached hydrogen (secondary N) is 2. The number of nitrogens with zero attached hydrogens (tertiary/aromatic N) is 7. The molecule has 40 heavy (non-hydrogen) atoms. The number of pyridine rings is 1. The van der Waals surface area contributed by atoms with Crippen LogP contribution in [0.5, 0.6) is 0 Å². The number of aliphatic hydroxyl groups is 1. The van der Waals surface area contributed by atoms with Gasteiger partial charge in [-0.05, 0) is 41.5 Å². The van der Waals surface area contributed by atoms with Crippen molar-refractivity contribution in [1.29, 1.82) is 15.8 Å². The average molecular weight is 532 g/mol. The Balaban J connectivity index is 1.64. The van der Waals surface area contributed by atoms with E-state index in [1.54, 1.807) is 16.9 Å². The monoisotopic (exact) mass is 531 g/mol. The maximum absolute atomic E-state index is 10.1. The van der Waals surface area contributed by atoms with Crippen molar-refractivity contribution in [2.75, 3.05) is 17.2 Å². The Labute approximate surface area is 232 Å². The van der Waals surface area contributed by atoms with Crippen LogP contribution in [-0.4, -0.2) is 31.6 Å². The Morgan fingerprint density at radius 1 is 1.10 bits per heavy atom. The summed E-state index contributed by atoms with van der Waals surface area (Å²) >= 11 is 0. The molecule has 1 unspecified atom stereocenters. The van der Waals surface area contributed by atoms with E-state index in [0.717, 1.165) is 5.56 Å². The van der Waals surface area contributed by atoms with Gasteiger partial charge in [0.1, 0.15) is 17.8 Å². The zero-order chi connectivity index (χ0) is 28.5. The van der Waals surface area contributed by atoms with E-state index >= 15 is 0 Å². The van der Waals surface area contributed by atoms with Crippen LogP contribution < -0.4 is 10.6 Å². The molecule has 1 atom stereocenters. The molecule has 0 radical (unpaired) electrons. The first-order valence-electron chi connectivity index (χ1n) is 13.0. The predicted molar refractivity (Wildman–Crippen MR) is 150 cm³/mol. The first-order chi connectivity index (χ1) is 19.2. The number of nitriles is 3. The van der Waals surface area contributed by atoms with Crippen molar-refractivity contribution in [1.82, 2.24) is 20.0 Å². The maximum Gasteiger partial charge on any atom is 0.150 e. The van der Waals surface area contributed by atoms with Crippen molar-refractivity contribution in [3.05, 3.63) is 76.7 Å². The molecular formula is C30H29N9O. The van der Waals surface area contributed by atoms with E-state index in [2.05, 4.69) is 64.9 Å². The van der Waals surface area contributed by atoms with Gasteiger partial charge in [0, 0.05) is 23.8 Å². The van der Waals surface area contributed by atoms with E-state index in [0.29, 0.717) is 64.0 Å². The number of benzene rings is 2. The summed E-state index contributed by atoms with van der Waals surface area (Å²) in [5.41, 5.74) is 3.78. The number of hydrogen-bond acceptors (Lipinski definition) is 9. The van der Waals surface area contributed by atoms with Gasteiger partial charge in [0.05, 0.1) is 47.2 Å². The minimum atomic E-state index is -0.670. The standard InChI is InChI=1S/C30H29N9O/c1-29(2,3)18-35-27-21(13-32)14-34-26-20(12-31)10-22(11-24(26)27)36-28(23-7-5-4-6-19(23)16-40)25-15-39(38-37-25)30(17-33)8-9-30/h4-7,10-11,14-15,28,36,40H,8-9,16,18H2,1-3H3,(H,34,35). The van der Waals surface area contributed by atoms with Crippen molar-refractivity contribution in [3.8, 4) is 18.2 Å². The number of anilines is 2. The highest BCUT2D eigenvalue weighted by atomic mass is 16.3. The van der Waals surface area contributed by atoms with Gasteiger partial charge in [0.15, 0.2) is 5.54 Å². The zero-order valence-corrected chi connectivity index (χ0v) is 22.6. The molecule has 3 N–H and O–H groups in total. The summed E-state index contributed by atoms with van der Waals surface area (Å²) in [4.78, 5) is 4.44. The normalized spacial score (nSPS) is 14.5. The fourth-order valence-corrected chi connectivity index (χ4v) is 4.67. The molecule has 0 aliphatic heterocycles. The highest BCUT2D eigenvalue weighted by Crippen LogP contribution is 2.43. The van der Waals surface area contributed by atoms with Crippen LogP contribution in [0.4, 0.5) is 11.4 Å². The lowest BCUT2D eigenvalue weighted by atomic mass is 9.96. The lowest BCUT2D eigenvalue weighted by Crippen LogP contribution is -2.20. The Morgan fingerprint density at radius 3 is 2.50 bits per heavy atom. The van der Waals surface area contributed by atoms with Crippen LogP contribution in [-0.2, 0) is 12.1 Å². The molecule has 0 amide bonds. The highest BCUT2D eigenvalue weighted by Gasteiger charge is 2.47. The van der Waals surface area contributed by atoms with Crippen LogP contribution >= 0.6 is 0 Å². The van der Waals surface area contributed by atoms with Gasteiger partial charge < -0.3 is 15.7 Å². The summed E-state index contributed by atoms with van der Waals surface area (Å²) in [6.45, 7) is 6.71. The first kappa shape index (κ1) is 26.6. The molecule has 0 bridgehead atoms. The summed E-state index contributed by atoms with van der Waals surface area (Å²) in [7, 11) is 0. The van der Waals surface area contributed by atoms with E-state index in [-0.39, 0.29) is 12.0 Å². The minimum Gasteiger partial charge on any atom is -0.392 e. The summed E-state index contributed by atoms with van der Waals surface area (Å²) < 4.78 is 1.61. The molecule has 1 aliphatic rings. The van der Waals surface area contributed by atoms with Crippen LogP contribution in [0.2, 0.25) is 0 Å². The maximum atomic E-state index is 10.1. The van der Waals surface area contributed by atoms with E-state index < -0.39 is 11.6 Å². The molecule has 1 saturated carbocycles. The van der Waals surface area contributed by atoms with Gasteiger partial charge in [-0.2, -0.15) is 15.8 Å². The van der Waals surface area contributed by atoms with Crippen LogP contribution in [0.15, 0.2) is 48.8 Å². The molecule has 4 aromatic rings. The van der Waals surface area contributed by atoms with E-state index in [1.165, 1.54) is 6.20 Å². The molecule has 0 spiro atoms. The molecule has 5 rings (SSSR count). The molecule has 10 nitrogen and oxygen atoms in total. The van der Waals surface area contributed by atoms with Crippen molar-refractivity contribution in [3.63, 3.8) is 0 Å². The largest absolute Gasteiger partial charge is 0.392 e. The number of aliphatic hydroxyl groups excluding tert-OH is 1. The fourth-order valence-electron chi connectivity index (χ4n) is 4.67. The smallest absolute Gasteiger partial charge is 0.150 e. The Morgan fingerprint density at radius 2 is 1.85 bits per heavy atom. The number of fused-ring (bicyclic) bond motifs is 1. The van der Waals surface area contributed by atoms with Crippen LogP contribution in [0.1, 0.15) is 67.6 Å². The van der Waals surface area contributed by atoms with Gasteiger partial charge in [-0.25, -0.2) is 4.68 Å². The van der Waals surface area contributed by atoms with Gasteiger partial charge in [-0.15, -0.1) is 5.10 Å². The molecule has 1 fully saturated rings. The van der Waals surface area contributed by atoms with Gasteiger partial charge in [0.25, 0.3) is 0 Å². The van der Waals surface area contributed by atoms with Gasteiger partial charge in [-0.1, -0.05) is 50.3 Å². The summed E-state index contributed by atoms with van der Waals surface area (Å²) in [5.74, 6) is 0. The average Bonchev–Trinajstić information content (AvgIpc) is 3.61. The third-order valence-corrected chi connectivity index (χ3v) is 7.03. The van der Waals surface area contributed by atoms with E-state index in [9.17, 15) is 20.9 Å². The van der Waals surface area contributed by atoms with Gasteiger partial charge in [-0.3, -0.25) is 4.98 Å². The minimum absolute atomic E-state index is 0.0521. The Kier molecular flexibility index (Phi) is 6.85. The lowest BCUT2D eigenvalue weighted by molar-refractivity contribution is 0.280. The molecule has 2 aromatic carbocycles. The second-order valence-electron chi connectivity index (χ2n) is 11.3. The SMILES string of the molecule is CC(C)(C)CNc1c(C#N)cnc2c(C#N)cc(NC(c3cn(C4(C#N)CC4)nn3)c3ccccc3CO)cc12. The topological polar surface area (TPSA) is 159 Å². The lowest BCUT2D eigenvalue weighted by Gasteiger charge is -2.23. The predicted octanol–water partition coefficient (Wildman–Crippen LogP) is 4.73. The van der Waals surface area contributed by atoms with Crippen molar-refractivity contribution in [2.45, 2.75) is 51.8 Å².